The van der Waals surface area contributed by atoms with Crippen LogP contribution < -0.4 is 14.4 Å². The fourth-order valence-electron chi connectivity index (χ4n) is 5.12. The molecule has 2 aromatic carbocycles. The predicted octanol–water partition coefficient (Wildman–Crippen LogP) is 5.91. The van der Waals surface area contributed by atoms with E-state index in [0.717, 1.165) is 0 Å². The summed E-state index contributed by atoms with van der Waals surface area (Å²) in [7, 11) is 0. The van der Waals surface area contributed by atoms with Crippen LogP contribution in [0.2, 0.25) is 0 Å². The van der Waals surface area contributed by atoms with E-state index in [1.807, 2.05) is 0 Å². The summed E-state index contributed by atoms with van der Waals surface area (Å²) in [6, 6.07) is 18.0. The third kappa shape index (κ3) is 3.00. The lowest BCUT2D eigenvalue weighted by atomic mass is 9.99. The Labute approximate surface area is 175 Å². The first-order valence-electron chi connectivity index (χ1n) is 10.6. The lowest BCUT2D eigenvalue weighted by molar-refractivity contribution is -0.603. The first-order chi connectivity index (χ1) is 13.8. The largest absolute Gasteiger partial charge is 0.347 e. The zero-order chi connectivity index (χ0) is 20.9. The number of aryl methyl sites for hydroxylation is 3. The van der Waals surface area contributed by atoms with Crippen molar-refractivity contribution in [2.75, 3.05) is 9.80 Å². The third-order valence-electron chi connectivity index (χ3n) is 6.19. The highest BCUT2D eigenvalue weighted by atomic mass is 15.4. The number of hydrogen-bond donors (Lipinski definition) is 0. The lowest BCUT2D eigenvalue weighted by Crippen LogP contribution is -2.43. The quantitative estimate of drug-likeness (QED) is 0.518. The zero-order valence-corrected chi connectivity index (χ0v) is 18.7. The molecule has 3 heteroatoms. The van der Waals surface area contributed by atoms with Gasteiger partial charge in [-0.15, -0.1) is 0 Å². The van der Waals surface area contributed by atoms with Crippen LogP contribution in [0.5, 0.6) is 0 Å². The summed E-state index contributed by atoms with van der Waals surface area (Å²) < 4.78 is 2.32. The fourth-order valence-corrected chi connectivity index (χ4v) is 5.12. The van der Waals surface area contributed by atoms with E-state index in [-0.39, 0.29) is 6.17 Å². The van der Waals surface area contributed by atoms with Crippen LogP contribution in [0.3, 0.4) is 0 Å². The molecule has 1 atom stereocenters. The van der Waals surface area contributed by atoms with Crippen molar-refractivity contribution in [2.45, 2.75) is 60.7 Å². The molecule has 0 amide bonds. The van der Waals surface area contributed by atoms with Gasteiger partial charge in [-0.25, -0.2) is 0 Å². The van der Waals surface area contributed by atoms with Crippen LogP contribution in [-0.2, 0) is 0 Å². The number of benzene rings is 2. The molecule has 0 saturated carbocycles. The maximum Gasteiger partial charge on any atom is 0.218 e. The summed E-state index contributed by atoms with van der Waals surface area (Å²) in [4.78, 5) is 5.05. The van der Waals surface area contributed by atoms with Crippen molar-refractivity contribution in [3.8, 4) is 5.69 Å². The molecular weight excluding hydrogens is 354 g/mol. The molecule has 0 bridgehead atoms. The van der Waals surface area contributed by atoms with Crippen LogP contribution in [0.4, 0.5) is 17.1 Å². The Morgan fingerprint density at radius 3 is 2.17 bits per heavy atom. The normalized spacial score (nSPS) is 15.9. The lowest BCUT2D eigenvalue weighted by Gasteiger charge is -2.34. The summed E-state index contributed by atoms with van der Waals surface area (Å²) in [5.74, 6) is 0. The number of fused-ring (bicyclic) bond motifs is 1. The Morgan fingerprint density at radius 2 is 1.52 bits per heavy atom. The first kappa shape index (κ1) is 19.5. The zero-order valence-electron chi connectivity index (χ0n) is 18.7. The van der Waals surface area contributed by atoms with Crippen molar-refractivity contribution in [1.29, 1.82) is 0 Å². The van der Waals surface area contributed by atoms with Gasteiger partial charge in [0.15, 0.2) is 11.9 Å². The summed E-state index contributed by atoms with van der Waals surface area (Å²) in [6.45, 7) is 15.8. The molecule has 3 nitrogen and oxygen atoms in total. The minimum absolute atomic E-state index is 0.266. The Hall–Kier alpha value is -2.81. The van der Waals surface area contributed by atoms with Crippen molar-refractivity contribution in [3.63, 3.8) is 0 Å². The van der Waals surface area contributed by atoms with E-state index in [1.54, 1.807) is 0 Å². The number of pyridine rings is 1. The number of nitrogens with zero attached hydrogens (tertiary/aromatic N) is 3. The number of hydrogen-bond acceptors (Lipinski definition) is 2. The van der Waals surface area contributed by atoms with Gasteiger partial charge in [0.2, 0.25) is 5.69 Å². The van der Waals surface area contributed by atoms with Crippen LogP contribution in [0.15, 0.2) is 54.7 Å². The van der Waals surface area contributed by atoms with Crippen molar-refractivity contribution in [2.24, 2.45) is 0 Å². The monoisotopic (exact) mass is 386 g/mol. The van der Waals surface area contributed by atoms with Crippen LogP contribution in [-0.4, -0.2) is 12.2 Å². The van der Waals surface area contributed by atoms with Crippen molar-refractivity contribution >= 4 is 17.1 Å². The molecule has 1 aliphatic heterocycles. The van der Waals surface area contributed by atoms with Crippen molar-refractivity contribution < 1.29 is 4.57 Å². The average Bonchev–Trinajstić information content (AvgIpc) is 2.95. The minimum Gasteiger partial charge on any atom is -0.347 e. The van der Waals surface area contributed by atoms with E-state index in [0.29, 0.717) is 6.04 Å². The number of rotatable bonds is 3. The summed E-state index contributed by atoms with van der Waals surface area (Å²) in [5, 5.41) is 0. The van der Waals surface area contributed by atoms with E-state index in [4.69, 9.17) is 0 Å². The third-order valence-corrected chi connectivity index (χ3v) is 6.19. The van der Waals surface area contributed by atoms with Gasteiger partial charge in [0.1, 0.15) is 6.17 Å². The molecule has 0 fully saturated rings. The Morgan fingerprint density at radius 1 is 0.862 bits per heavy atom. The average molecular weight is 387 g/mol. The molecule has 29 heavy (non-hydrogen) atoms. The van der Waals surface area contributed by atoms with Crippen molar-refractivity contribution in [1.82, 2.24) is 0 Å². The highest BCUT2D eigenvalue weighted by molar-refractivity contribution is 5.86. The molecule has 150 valence electrons. The van der Waals surface area contributed by atoms with Crippen LogP contribution in [0, 0.1) is 27.7 Å². The Kier molecular flexibility index (Phi) is 4.85. The van der Waals surface area contributed by atoms with Crippen LogP contribution in [0.1, 0.15) is 43.2 Å². The van der Waals surface area contributed by atoms with E-state index in [1.165, 1.54) is 45.1 Å². The molecule has 4 rings (SSSR count). The second kappa shape index (κ2) is 7.22. The molecule has 0 spiro atoms. The standard InChI is InChI=1S/C26H32N3/c1-17(2)28-22(7)29(24-14-9-8-13-23(24)28)26-19(4)16-18(3)25(21(26)6)27-15-11-10-12-20(27)5/h8-17,22H,1-7H3/q+1/t22-/m1/s1. The van der Waals surface area contributed by atoms with Gasteiger partial charge in [0.05, 0.1) is 17.1 Å². The summed E-state index contributed by atoms with van der Waals surface area (Å²) >= 11 is 0. The van der Waals surface area contributed by atoms with Gasteiger partial charge in [-0.1, -0.05) is 18.2 Å². The molecule has 1 aliphatic rings. The van der Waals surface area contributed by atoms with Crippen LogP contribution >= 0.6 is 0 Å². The number of aromatic nitrogens is 1. The Bertz CT molecular complexity index is 1070. The minimum atomic E-state index is 0.266. The highest BCUT2D eigenvalue weighted by Crippen LogP contribution is 2.47. The van der Waals surface area contributed by atoms with Gasteiger partial charge in [0, 0.05) is 36.2 Å². The molecule has 0 unspecified atom stereocenters. The molecule has 0 saturated heterocycles. The smallest absolute Gasteiger partial charge is 0.218 e. The maximum absolute atomic E-state index is 2.53. The molecule has 0 N–H and O–H groups in total. The van der Waals surface area contributed by atoms with Gasteiger partial charge >= 0.3 is 0 Å². The molecule has 3 aromatic rings. The van der Waals surface area contributed by atoms with Gasteiger partial charge in [-0.3, -0.25) is 0 Å². The van der Waals surface area contributed by atoms with Crippen molar-refractivity contribution in [3.05, 3.63) is 77.1 Å². The fraction of sp³-hybridized carbons (Fsp3) is 0.346. The van der Waals surface area contributed by atoms with E-state index in [2.05, 4.69) is 118 Å². The molecule has 0 aliphatic carbocycles. The second-order valence-corrected chi connectivity index (χ2v) is 8.54. The maximum atomic E-state index is 2.53. The summed E-state index contributed by atoms with van der Waals surface area (Å²) in [6.07, 6.45) is 2.44. The topological polar surface area (TPSA) is 10.4 Å². The van der Waals surface area contributed by atoms with Crippen LogP contribution in [0.25, 0.3) is 5.69 Å². The molecular formula is C26H32N3+. The van der Waals surface area contributed by atoms with Gasteiger partial charge < -0.3 is 9.80 Å². The van der Waals surface area contributed by atoms with E-state index < -0.39 is 0 Å². The van der Waals surface area contributed by atoms with Gasteiger partial charge in [0.25, 0.3) is 0 Å². The second-order valence-electron chi connectivity index (χ2n) is 8.54. The molecule has 1 aromatic heterocycles. The first-order valence-corrected chi connectivity index (χ1v) is 10.6. The number of anilines is 3. The number of para-hydroxylation sites is 2. The van der Waals surface area contributed by atoms with E-state index >= 15 is 0 Å². The highest BCUT2D eigenvalue weighted by Gasteiger charge is 2.37. The molecule has 0 radical (unpaired) electrons. The molecule has 2 heterocycles. The van der Waals surface area contributed by atoms with Gasteiger partial charge in [-0.2, -0.15) is 4.57 Å². The Balaban J connectivity index is 1.97. The SMILES string of the molecule is Cc1cc(C)c(-[n+]2ccccc2C)c(C)c1N1c2ccccc2N(C(C)C)[C@H]1C. The summed E-state index contributed by atoms with van der Waals surface area (Å²) in [5.41, 5.74) is 10.4. The van der Waals surface area contributed by atoms with Gasteiger partial charge in [-0.05, 0) is 65.3 Å². The van der Waals surface area contributed by atoms with E-state index in [9.17, 15) is 0 Å². The predicted molar refractivity (Wildman–Crippen MR) is 123 cm³/mol.